The molecule has 0 amide bonds. The molecule has 2 nitrogen and oxygen atoms in total. The Morgan fingerprint density at radius 2 is 1.79 bits per heavy atom. The van der Waals surface area contributed by atoms with Crippen molar-refractivity contribution in [2.24, 2.45) is 0 Å². The van der Waals surface area contributed by atoms with Crippen molar-refractivity contribution in [3.63, 3.8) is 0 Å². The third kappa shape index (κ3) is 3.26. The fourth-order valence-corrected chi connectivity index (χ4v) is 2.08. The molecule has 19 heavy (non-hydrogen) atoms. The summed E-state index contributed by atoms with van der Waals surface area (Å²) in [6.45, 7) is 4.26. The second-order valence-corrected chi connectivity index (χ2v) is 5.30. The maximum absolute atomic E-state index is 13.1. The zero-order valence-electron chi connectivity index (χ0n) is 10.8. The number of hydrogen-bond acceptors (Lipinski definition) is 2. The maximum Gasteiger partial charge on any atom is 0.123 e. The number of aryl methyl sites for hydroxylation is 2. The van der Waals surface area contributed by atoms with E-state index >= 15 is 0 Å². The third-order valence-corrected chi connectivity index (χ3v) is 4.16. The van der Waals surface area contributed by atoms with Crippen molar-refractivity contribution in [3.8, 4) is 5.75 Å². The molecule has 0 atom stereocenters. The zero-order chi connectivity index (χ0) is 14.0. The molecule has 0 saturated heterocycles. The summed E-state index contributed by atoms with van der Waals surface area (Å²) in [5.41, 5.74) is 9.17. The molecule has 0 bridgehead atoms. The van der Waals surface area contributed by atoms with Crippen molar-refractivity contribution in [1.29, 1.82) is 0 Å². The second-order valence-electron chi connectivity index (χ2n) is 4.50. The molecule has 0 radical (unpaired) electrons. The molecule has 0 aliphatic carbocycles. The Labute approximate surface area is 120 Å². The Morgan fingerprint density at radius 3 is 2.42 bits per heavy atom. The summed E-state index contributed by atoms with van der Waals surface area (Å²) in [7, 11) is 0. The van der Waals surface area contributed by atoms with Gasteiger partial charge in [-0.15, -0.1) is 0 Å². The molecule has 2 aromatic rings. The monoisotopic (exact) mass is 323 g/mol. The molecule has 100 valence electrons. The van der Waals surface area contributed by atoms with Crippen LogP contribution in [-0.4, -0.2) is 0 Å². The highest BCUT2D eigenvalue weighted by Crippen LogP contribution is 2.27. The van der Waals surface area contributed by atoms with Crippen LogP contribution in [0, 0.1) is 19.7 Å². The molecule has 4 heteroatoms. The van der Waals surface area contributed by atoms with Gasteiger partial charge in [-0.05, 0) is 55.3 Å². The summed E-state index contributed by atoms with van der Waals surface area (Å²) in [4.78, 5) is 0. The highest BCUT2D eigenvalue weighted by Gasteiger charge is 2.06. The molecule has 0 saturated carbocycles. The first kappa shape index (κ1) is 13.9. The van der Waals surface area contributed by atoms with E-state index in [1.807, 2.05) is 26.0 Å². The van der Waals surface area contributed by atoms with E-state index in [1.54, 1.807) is 6.07 Å². The van der Waals surface area contributed by atoms with Crippen molar-refractivity contribution >= 4 is 21.6 Å². The van der Waals surface area contributed by atoms with Gasteiger partial charge in [0, 0.05) is 15.7 Å². The molecular formula is C15H15BrFNO. The smallest absolute Gasteiger partial charge is 0.123 e. The largest absolute Gasteiger partial charge is 0.489 e. The number of nitrogens with two attached hydrogens (primary N) is 1. The predicted molar refractivity (Wildman–Crippen MR) is 78.8 cm³/mol. The third-order valence-electron chi connectivity index (χ3n) is 2.91. The lowest BCUT2D eigenvalue weighted by Gasteiger charge is -2.11. The van der Waals surface area contributed by atoms with Gasteiger partial charge >= 0.3 is 0 Å². The van der Waals surface area contributed by atoms with Gasteiger partial charge in [0.2, 0.25) is 0 Å². The Hall–Kier alpha value is -1.55. The topological polar surface area (TPSA) is 35.2 Å². The number of nitrogen functional groups attached to an aromatic ring is 1. The molecule has 0 aromatic heterocycles. The van der Waals surface area contributed by atoms with Gasteiger partial charge in [0.15, 0.2) is 0 Å². The maximum atomic E-state index is 13.1. The van der Waals surface area contributed by atoms with Crippen LogP contribution >= 0.6 is 15.9 Å². The summed E-state index contributed by atoms with van der Waals surface area (Å²) < 4.78 is 19.9. The van der Waals surface area contributed by atoms with E-state index in [0.717, 1.165) is 21.3 Å². The quantitative estimate of drug-likeness (QED) is 0.851. The van der Waals surface area contributed by atoms with Crippen molar-refractivity contribution < 1.29 is 9.13 Å². The van der Waals surface area contributed by atoms with Gasteiger partial charge in [-0.3, -0.25) is 0 Å². The van der Waals surface area contributed by atoms with Crippen LogP contribution in [0.25, 0.3) is 0 Å². The van der Waals surface area contributed by atoms with Crippen LogP contribution < -0.4 is 10.5 Å². The Kier molecular flexibility index (Phi) is 4.10. The van der Waals surface area contributed by atoms with Crippen LogP contribution in [0.3, 0.4) is 0 Å². The first-order valence-electron chi connectivity index (χ1n) is 5.91. The van der Waals surface area contributed by atoms with Crippen LogP contribution in [0.15, 0.2) is 34.8 Å². The van der Waals surface area contributed by atoms with Gasteiger partial charge < -0.3 is 10.5 Å². The fraction of sp³-hybridized carbons (Fsp3) is 0.200. The highest BCUT2D eigenvalue weighted by atomic mass is 79.9. The number of anilines is 1. The van der Waals surface area contributed by atoms with E-state index in [1.165, 1.54) is 12.1 Å². The Morgan fingerprint density at radius 1 is 1.16 bits per heavy atom. The molecule has 2 aromatic carbocycles. The minimum absolute atomic E-state index is 0.254. The van der Waals surface area contributed by atoms with E-state index in [2.05, 4.69) is 15.9 Å². The van der Waals surface area contributed by atoms with Gasteiger partial charge in [0.1, 0.15) is 18.2 Å². The molecule has 0 aliphatic rings. The van der Waals surface area contributed by atoms with Gasteiger partial charge in [0.05, 0.1) is 0 Å². The van der Waals surface area contributed by atoms with Crippen molar-refractivity contribution in [3.05, 3.63) is 57.3 Å². The molecule has 0 unspecified atom stereocenters. The normalized spacial score (nSPS) is 10.5. The van der Waals surface area contributed by atoms with E-state index in [9.17, 15) is 4.39 Å². The van der Waals surface area contributed by atoms with Crippen LogP contribution in [0.1, 0.15) is 16.7 Å². The minimum Gasteiger partial charge on any atom is -0.489 e. The molecule has 2 N–H and O–H groups in total. The van der Waals surface area contributed by atoms with Crippen LogP contribution in [-0.2, 0) is 6.61 Å². The predicted octanol–water partition coefficient (Wildman–Crippen LogP) is 4.37. The lowest BCUT2D eigenvalue weighted by molar-refractivity contribution is 0.306. The summed E-state index contributed by atoms with van der Waals surface area (Å²) in [5, 5.41) is 0. The molecule has 0 spiro atoms. The van der Waals surface area contributed by atoms with Crippen LogP contribution in [0.2, 0.25) is 0 Å². The standard InChI is InChI=1S/C15H15BrFNO/c1-9-5-13(6-10(2)15(9)16)19-8-11-7-12(17)3-4-14(11)18/h3-7H,8,18H2,1-2H3. The summed E-state index contributed by atoms with van der Waals surface area (Å²) in [6.07, 6.45) is 0. The summed E-state index contributed by atoms with van der Waals surface area (Å²) in [5.74, 6) is 0.442. The van der Waals surface area contributed by atoms with E-state index in [0.29, 0.717) is 11.3 Å². The lowest BCUT2D eigenvalue weighted by Crippen LogP contribution is -2.01. The zero-order valence-corrected chi connectivity index (χ0v) is 12.4. The van der Waals surface area contributed by atoms with Crippen LogP contribution in [0.5, 0.6) is 5.75 Å². The fourth-order valence-electron chi connectivity index (χ4n) is 1.85. The van der Waals surface area contributed by atoms with Crippen molar-refractivity contribution in [2.75, 3.05) is 5.73 Å². The highest BCUT2D eigenvalue weighted by molar-refractivity contribution is 9.10. The van der Waals surface area contributed by atoms with Crippen LogP contribution in [0.4, 0.5) is 10.1 Å². The van der Waals surface area contributed by atoms with Crippen molar-refractivity contribution in [1.82, 2.24) is 0 Å². The molecule has 0 heterocycles. The molecular weight excluding hydrogens is 309 g/mol. The number of halogens is 2. The van der Waals surface area contributed by atoms with Gasteiger partial charge in [0.25, 0.3) is 0 Å². The number of hydrogen-bond donors (Lipinski definition) is 1. The number of rotatable bonds is 3. The first-order valence-corrected chi connectivity index (χ1v) is 6.70. The van der Waals surface area contributed by atoms with E-state index in [4.69, 9.17) is 10.5 Å². The van der Waals surface area contributed by atoms with E-state index < -0.39 is 0 Å². The van der Waals surface area contributed by atoms with Crippen molar-refractivity contribution in [2.45, 2.75) is 20.5 Å². The van der Waals surface area contributed by atoms with Gasteiger partial charge in [-0.1, -0.05) is 15.9 Å². The van der Waals surface area contributed by atoms with Gasteiger partial charge in [-0.2, -0.15) is 0 Å². The first-order chi connectivity index (χ1) is 8.97. The molecule has 2 rings (SSSR count). The van der Waals surface area contributed by atoms with E-state index in [-0.39, 0.29) is 12.4 Å². The minimum atomic E-state index is -0.309. The Balaban J connectivity index is 2.17. The summed E-state index contributed by atoms with van der Waals surface area (Å²) in [6, 6.07) is 8.16. The lowest BCUT2D eigenvalue weighted by atomic mass is 10.1. The number of ether oxygens (including phenoxy) is 1. The van der Waals surface area contributed by atoms with Gasteiger partial charge in [-0.25, -0.2) is 4.39 Å². The second kappa shape index (κ2) is 5.61. The molecule has 0 fully saturated rings. The Bertz CT molecular complexity index is 590. The SMILES string of the molecule is Cc1cc(OCc2cc(F)ccc2N)cc(C)c1Br. The average molecular weight is 324 g/mol. The molecule has 0 aliphatic heterocycles. The summed E-state index contributed by atoms with van der Waals surface area (Å²) >= 11 is 3.51. The average Bonchev–Trinajstić information content (AvgIpc) is 2.37. The number of benzene rings is 2.